The number of rotatable bonds is 49. The maximum absolute atomic E-state index is 10.3. The predicted molar refractivity (Wildman–Crippen MR) is 331 cm³/mol. The molecule has 0 aromatic heterocycles. The van der Waals surface area contributed by atoms with Crippen LogP contribution in [0.25, 0.3) is 0 Å². The zero-order valence-corrected chi connectivity index (χ0v) is 52.1. The van der Waals surface area contributed by atoms with Crippen molar-refractivity contribution in [2.24, 2.45) is 0 Å². The fourth-order valence-corrected chi connectivity index (χ4v) is 9.18. The molecule has 0 bridgehead atoms. The van der Waals surface area contributed by atoms with Crippen LogP contribution >= 0.6 is 0 Å². The number of carboxylic acids is 3. The number of aliphatic hydroxyl groups is 8. The van der Waals surface area contributed by atoms with E-state index in [9.17, 15) is 14.4 Å². The van der Waals surface area contributed by atoms with Crippen molar-refractivity contribution in [2.45, 2.75) is 339 Å². The van der Waals surface area contributed by atoms with E-state index in [1.165, 1.54) is 212 Å². The summed E-state index contributed by atoms with van der Waals surface area (Å²) in [6.45, 7) is 5.83. The van der Waals surface area contributed by atoms with Gasteiger partial charge in [-0.25, -0.2) is 0 Å². The standard InChI is InChI=1S/3C18H34O2.2C6H12O5/c3*1-2-3-4-5-6-7-8-9-10-11-12-13-14-15-16-17-18(19)20;2*7-1-3(8)6-5(10)4(9)2-11-6/h3*9-10H,2-8,11-17H2,1H3,(H,19,20);2*3-10H,1-2H2/b3*10-9+;;/t;;;2*3-,4+,5-,6-/m...11/s1. The van der Waals surface area contributed by atoms with Crippen LogP contribution in [-0.2, 0) is 23.9 Å². The highest BCUT2D eigenvalue weighted by atomic mass is 16.6. The molecule has 16 heteroatoms. The number of carbonyl (C=O) groups is 3. The van der Waals surface area contributed by atoms with Gasteiger partial charge in [-0.2, -0.15) is 0 Å². The minimum Gasteiger partial charge on any atom is -0.481 e. The second kappa shape index (κ2) is 65.8. The lowest BCUT2D eigenvalue weighted by Crippen LogP contribution is -2.40. The molecule has 16 nitrogen and oxygen atoms in total. The molecule has 82 heavy (non-hydrogen) atoms. The van der Waals surface area contributed by atoms with E-state index in [0.717, 1.165) is 38.5 Å². The number of aliphatic hydroxyl groups excluding tert-OH is 8. The van der Waals surface area contributed by atoms with Crippen molar-refractivity contribution in [3.05, 3.63) is 36.5 Å². The molecule has 0 spiro atoms. The van der Waals surface area contributed by atoms with E-state index in [4.69, 9.17) is 65.6 Å². The first-order chi connectivity index (χ1) is 39.6. The van der Waals surface area contributed by atoms with Crippen LogP contribution in [0.4, 0.5) is 0 Å². The number of aliphatic carboxylic acids is 3. The van der Waals surface area contributed by atoms with Gasteiger partial charge in [0.15, 0.2) is 0 Å². The largest absolute Gasteiger partial charge is 0.481 e. The van der Waals surface area contributed by atoms with Crippen LogP contribution in [-0.4, -0.2) is 149 Å². The van der Waals surface area contributed by atoms with Gasteiger partial charge in [-0.05, 0) is 96.3 Å². The monoisotopic (exact) mass is 1170 g/mol. The van der Waals surface area contributed by atoms with Gasteiger partial charge in [0.25, 0.3) is 0 Å². The van der Waals surface area contributed by atoms with E-state index >= 15 is 0 Å². The molecule has 11 N–H and O–H groups in total. The number of hydrogen-bond donors (Lipinski definition) is 11. The number of unbranched alkanes of at least 4 members (excludes halogenated alkanes) is 33. The Morgan fingerprint density at radius 1 is 0.354 bits per heavy atom. The SMILES string of the molecule is CCCCCCCC/C=C/CCCCCCCC(=O)O.CCCCCCCC/C=C/CCCCCCCC(=O)O.CCCCCCCC/C=C/CCCCCCCC(=O)O.OC[C@@H](O)[C@H]1OC[C@H](O)[C@H]1O.OC[C@@H](O)[C@H]1OC[C@H](O)[C@H]1O. The summed E-state index contributed by atoms with van der Waals surface area (Å²) in [7, 11) is 0. The highest BCUT2D eigenvalue weighted by Gasteiger charge is 2.39. The molecular weight excluding hydrogens is 1050 g/mol. The fraction of sp³-hybridized carbons (Fsp3) is 0.864. The van der Waals surface area contributed by atoms with Gasteiger partial charge in [0.1, 0.15) is 48.8 Å². The third kappa shape index (κ3) is 60.4. The second-order valence-electron chi connectivity index (χ2n) is 22.4. The Morgan fingerprint density at radius 3 is 0.720 bits per heavy atom. The summed E-state index contributed by atoms with van der Waals surface area (Å²) in [5.74, 6) is -1.99. The van der Waals surface area contributed by atoms with E-state index in [2.05, 4.69) is 57.2 Å². The fourth-order valence-electron chi connectivity index (χ4n) is 9.18. The number of hydrogen-bond acceptors (Lipinski definition) is 13. The Kier molecular flexibility index (Phi) is 66.9. The zero-order chi connectivity index (χ0) is 61.5. The van der Waals surface area contributed by atoms with Crippen LogP contribution in [0.5, 0.6) is 0 Å². The third-order valence-corrected chi connectivity index (χ3v) is 14.5. The molecule has 2 fully saturated rings. The molecule has 0 unspecified atom stereocenters. The molecular formula is C66H126O16. The van der Waals surface area contributed by atoms with Gasteiger partial charge in [0.05, 0.1) is 26.4 Å². The Hall–Kier alpha value is -2.77. The first-order valence-corrected chi connectivity index (χ1v) is 32.8. The molecule has 2 aliphatic heterocycles. The molecule has 2 rings (SSSR count). The second-order valence-corrected chi connectivity index (χ2v) is 22.4. The number of carboxylic acid groups (broad SMARTS) is 3. The van der Waals surface area contributed by atoms with Crippen LogP contribution in [0.1, 0.15) is 290 Å². The summed E-state index contributed by atoms with van der Waals surface area (Å²) in [6.07, 6.45) is 55.6. The Balaban J connectivity index is -0.000000971. The molecule has 0 saturated carbocycles. The lowest BCUT2D eigenvalue weighted by atomic mass is 10.1. The van der Waals surface area contributed by atoms with Gasteiger partial charge in [-0.15, -0.1) is 0 Å². The highest BCUT2D eigenvalue weighted by Crippen LogP contribution is 2.19. The minimum absolute atomic E-state index is 0.00287. The molecule has 2 aliphatic rings. The summed E-state index contributed by atoms with van der Waals surface area (Å²) in [6, 6.07) is 0. The highest BCUT2D eigenvalue weighted by molar-refractivity contribution is 5.67. The van der Waals surface area contributed by atoms with Crippen molar-refractivity contribution in [3.8, 4) is 0 Å². The Morgan fingerprint density at radius 2 is 0.549 bits per heavy atom. The molecule has 2 saturated heterocycles. The summed E-state index contributed by atoms with van der Waals surface area (Å²) >= 11 is 0. The average molecular weight is 1180 g/mol. The summed E-state index contributed by atoms with van der Waals surface area (Å²) in [5, 5.41) is 96.6. The van der Waals surface area contributed by atoms with Crippen LogP contribution in [0.3, 0.4) is 0 Å². The molecule has 0 aromatic carbocycles. The van der Waals surface area contributed by atoms with Crippen molar-refractivity contribution in [2.75, 3.05) is 26.4 Å². The van der Waals surface area contributed by atoms with Crippen molar-refractivity contribution in [3.63, 3.8) is 0 Å². The Bertz CT molecular complexity index is 1300. The minimum atomic E-state index is -1.12. The predicted octanol–water partition coefficient (Wildman–Crippen LogP) is 13.2. The van der Waals surface area contributed by atoms with E-state index < -0.39 is 80.0 Å². The van der Waals surface area contributed by atoms with Gasteiger partial charge in [0.2, 0.25) is 0 Å². The van der Waals surface area contributed by atoms with Gasteiger partial charge in [-0.3, -0.25) is 14.4 Å². The molecule has 8 atom stereocenters. The van der Waals surface area contributed by atoms with Crippen molar-refractivity contribution >= 4 is 17.9 Å². The molecule has 486 valence electrons. The average Bonchev–Trinajstić information content (AvgIpc) is 3.99. The van der Waals surface area contributed by atoms with Crippen LogP contribution in [0, 0.1) is 0 Å². The molecule has 0 aliphatic carbocycles. The molecule has 0 radical (unpaired) electrons. The smallest absolute Gasteiger partial charge is 0.303 e. The zero-order valence-electron chi connectivity index (χ0n) is 52.1. The van der Waals surface area contributed by atoms with E-state index in [1.54, 1.807) is 0 Å². The summed E-state index contributed by atoms with van der Waals surface area (Å²) in [4.78, 5) is 31.0. The van der Waals surface area contributed by atoms with E-state index in [1.807, 2.05) is 0 Å². The number of allylic oxidation sites excluding steroid dienone is 6. The maximum Gasteiger partial charge on any atom is 0.303 e. The van der Waals surface area contributed by atoms with Crippen LogP contribution in [0.15, 0.2) is 36.5 Å². The molecule has 0 aromatic rings. The van der Waals surface area contributed by atoms with Crippen molar-refractivity contribution < 1.29 is 80.0 Å². The molecule has 0 amide bonds. The van der Waals surface area contributed by atoms with Gasteiger partial charge >= 0.3 is 17.9 Å². The maximum atomic E-state index is 10.3. The lowest BCUT2D eigenvalue weighted by molar-refractivity contribution is -0.138. The van der Waals surface area contributed by atoms with Crippen LogP contribution < -0.4 is 0 Å². The van der Waals surface area contributed by atoms with E-state index in [0.29, 0.717) is 19.3 Å². The first-order valence-electron chi connectivity index (χ1n) is 32.8. The summed E-state index contributed by atoms with van der Waals surface area (Å²) in [5.41, 5.74) is 0. The topological polar surface area (TPSA) is 292 Å². The van der Waals surface area contributed by atoms with Gasteiger partial charge < -0.3 is 65.6 Å². The van der Waals surface area contributed by atoms with Gasteiger partial charge in [0, 0.05) is 19.3 Å². The molecule has 2 heterocycles. The van der Waals surface area contributed by atoms with Gasteiger partial charge in [-0.1, -0.05) is 211 Å². The normalized spacial score (nSPS) is 19.2. The Labute approximate surface area is 498 Å². The third-order valence-electron chi connectivity index (χ3n) is 14.5. The number of ether oxygens (including phenoxy) is 2. The quantitative estimate of drug-likeness (QED) is 0.0199. The van der Waals surface area contributed by atoms with Crippen LogP contribution in [0.2, 0.25) is 0 Å². The first kappa shape index (κ1) is 83.4. The lowest BCUT2D eigenvalue weighted by Gasteiger charge is -2.18. The van der Waals surface area contributed by atoms with E-state index in [-0.39, 0.29) is 13.2 Å². The van der Waals surface area contributed by atoms with Crippen molar-refractivity contribution in [1.29, 1.82) is 0 Å². The van der Waals surface area contributed by atoms with Crippen molar-refractivity contribution in [1.82, 2.24) is 0 Å². The summed E-state index contributed by atoms with van der Waals surface area (Å²) < 4.78 is 9.64.